The molecule has 0 heterocycles. The van der Waals surface area contributed by atoms with Crippen molar-refractivity contribution in [1.82, 2.24) is 4.90 Å². The third kappa shape index (κ3) is 4.72. The van der Waals surface area contributed by atoms with Gasteiger partial charge in [-0.2, -0.15) is 0 Å². The Morgan fingerprint density at radius 2 is 2.10 bits per heavy atom. The zero-order chi connectivity index (χ0) is 15.1. The van der Waals surface area contributed by atoms with Crippen LogP contribution in [0.2, 0.25) is 0 Å². The summed E-state index contributed by atoms with van der Waals surface area (Å²) in [5.41, 5.74) is 1.34. The standard InChI is InChI=1S/C19H25NO/c1-3-8-18-12-17(13-19(18)21)15-20(11-4-2)14-16-9-6-5-7-10-16/h1,5-7,9-10,17-18H,4,8,11-15H2,2H3/t17-,18+/m1/s1. The van der Waals surface area contributed by atoms with Gasteiger partial charge in [0.25, 0.3) is 0 Å². The average Bonchev–Trinajstić information content (AvgIpc) is 2.81. The molecule has 0 aliphatic heterocycles. The highest BCUT2D eigenvalue weighted by atomic mass is 16.1. The van der Waals surface area contributed by atoms with Crippen molar-refractivity contribution < 1.29 is 4.79 Å². The predicted octanol–water partition coefficient (Wildman–Crippen LogP) is 3.52. The van der Waals surface area contributed by atoms with Crippen molar-refractivity contribution >= 4 is 5.78 Å². The zero-order valence-corrected chi connectivity index (χ0v) is 12.9. The van der Waals surface area contributed by atoms with Crippen molar-refractivity contribution in [2.75, 3.05) is 13.1 Å². The minimum absolute atomic E-state index is 0.111. The first kappa shape index (κ1) is 15.8. The van der Waals surface area contributed by atoms with Crippen LogP contribution in [0.25, 0.3) is 0 Å². The molecule has 0 spiro atoms. The van der Waals surface area contributed by atoms with E-state index in [1.54, 1.807) is 0 Å². The maximum atomic E-state index is 12.0. The molecule has 1 aromatic rings. The van der Waals surface area contributed by atoms with Crippen LogP contribution in [0.4, 0.5) is 0 Å². The van der Waals surface area contributed by atoms with Crippen LogP contribution < -0.4 is 0 Å². The molecule has 0 bridgehead atoms. The fourth-order valence-corrected chi connectivity index (χ4v) is 3.30. The van der Waals surface area contributed by atoms with Gasteiger partial charge in [0.2, 0.25) is 0 Å². The second-order valence-electron chi connectivity index (χ2n) is 6.10. The first-order chi connectivity index (χ1) is 10.2. The highest BCUT2D eigenvalue weighted by Crippen LogP contribution is 2.30. The number of carbonyl (C=O) groups excluding carboxylic acids is 1. The quantitative estimate of drug-likeness (QED) is 0.714. The van der Waals surface area contributed by atoms with Gasteiger partial charge in [-0.3, -0.25) is 9.69 Å². The predicted molar refractivity (Wildman–Crippen MR) is 86.7 cm³/mol. The van der Waals surface area contributed by atoms with Gasteiger partial charge in [0, 0.05) is 31.8 Å². The smallest absolute Gasteiger partial charge is 0.137 e. The molecule has 0 saturated heterocycles. The van der Waals surface area contributed by atoms with E-state index in [4.69, 9.17) is 6.42 Å². The molecule has 1 saturated carbocycles. The summed E-state index contributed by atoms with van der Waals surface area (Å²) in [7, 11) is 0. The molecule has 2 heteroatoms. The van der Waals surface area contributed by atoms with Crippen LogP contribution in [-0.4, -0.2) is 23.8 Å². The molecular formula is C19H25NO. The first-order valence-corrected chi connectivity index (χ1v) is 7.95. The van der Waals surface area contributed by atoms with Crippen molar-refractivity contribution in [1.29, 1.82) is 0 Å². The molecule has 0 N–H and O–H groups in total. The third-order valence-corrected chi connectivity index (χ3v) is 4.23. The average molecular weight is 283 g/mol. The summed E-state index contributed by atoms with van der Waals surface area (Å²) in [4.78, 5) is 14.4. The van der Waals surface area contributed by atoms with E-state index < -0.39 is 0 Å². The summed E-state index contributed by atoms with van der Waals surface area (Å²) < 4.78 is 0. The molecule has 1 fully saturated rings. The van der Waals surface area contributed by atoms with Crippen LogP contribution >= 0.6 is 0 Å². The number of benzene rings is 1. The summed E-state index contributed by atoms with van der Waals surface area (Å²) in [6.07, 6.45) is 8.79. The summed E-state index contributed by atoms with van der Waals surface area (Å²) in [6, 6.07) is 10.6. The number of hydrogen-bond donors (Lipinski definition) is 0. The minimum atomic E-state index is 0.111. The van der Waals surface area contributed by atoms with Gasteiger partial charge >= 0.3 is 0 Å². The fourth-order valence-electron chi connectivity index (χ4n) is 3.30. The third-order valence-electron chi connectivity index (χ3n) is 4.23. The minimum Gasteiger partial charge on any atom is -0.299 e. The van der Waals surface area contributed by atoms with Crippen molar-refractivity contribution in [3.63, 3.8) is 0 Å². The molecule has 1 aliphatic carbocycles. The number of Topliss-reactive ketones (excluding diaryl/α,β-unsaturated/α-hetero) is 1. The van der Waals surface area contributed by atoms with E-state index in [1.807, 2.05) is 6.07 Å². The Kier molecular flexibility index (Phi) is 6.02. The lowest BCUT2D eigenvalue weighted by molar-refractivity contribution is -0.120. The van der Waals surface area contributed by atoms with Gasteiger partial charge in [0.15, 0.2) is 0 Å². The molecule has 21 heavy (non-hydrogen) atoms. The maximum Gasteiger partial charge on any atom is 0.137 e. The Labute approximate surface area is 128 Å². The topological polar surface area (TPSA) is 20.3 Å². The Bertz CT molecular complexity index is 488. The van der Waals surface area contributed by atoms with Crippen LogP contribution in [0.5, 0.6) is 0 Å². The normalized spacial score (nSPS) is 21.7. The summed E-state index contributed by atoms with van der Waals surface area (Å²) in [6.45, 7) is 5.27. The summed E-state index contributed by atoms with van der Waals surface area (Å²) in [5, 5.41) is 0. The molecule has 2 atom stereocenters. The van der Waals surface area contributed by atoms with Crippen LogP contribution in [0.15, 0.2) is 30.3 Å². The van der Waals surface area contributed by atoms with Gasteiger partial charge < -0.3 is 0 Å². The Morgan fingerprint density at radius 1 is 1.33 bits per heavy atom. The van der Waals surface area contributed by atoms with E-state index in [0.29, 0.717) is 24.5 Å². The van der Waals surface area contributed by atoms with Gasteiger partial charge in [-0.1, -0.05) is 37.3 Å². The van der Waals surface area contributed by atoms with Gasteiger partial charge in [-0.05, 0) is 30.9 Å². The highest BCUT2D eigenvalue weighted by Gasteiger charge is 2.32. The van der Waals surface area contributed by atoms with E-state index in [9.17, 15) is 4.79 Å². The fraction of sp³-hybridized carbons (Fsp3) is 0.526. The van der Waals surface area contributed by atoms with Crippen LogP contribution in [0, 0.1) is 24.2 Å². The Hall–Kier alpha value is -1.59. The maximum absolute atomic E-state index is 12.0. The number of nitrogens with zero attached hydrogens (tertiary/aromatic N) is 1. The van der Waals surface area contributed by atoms with E-state index in [1.165, 1.54) is 5.56 Å². The van der Waals surface area contributed by atoms with E-state index >= 15 is 0 Å². The van der Waals surface area contributed by atoms with Gasteiger partial charge in [0.1, 0.15) is 5.78 Å². The molecule has 112 valence electrons. The van der Waals surface area contributed by atoms with Gasteiger partial charge in [0.05, 0.1) is 0 Å². The van der Waals surface area contributed by atoms with Gasteiger partial charge in [-0.25, -0.2) is 0 Å². The molecule has 1 aliphatic rings. The number of hydrogen-bond acceptors (Lipinski definition) is 2. The second-order valence-corrected chi connectivity index (χ2v) is 6.10. The van der Waals surface area contributed by atoms with Crippen LogP contribution in [0.3, 0.4) is 0 Å². The zero-order valence-electron chi connectivity index (χ0n) is 12.9. The highest BCUT2D eigenvalue weighted by molar-refractivity contribution is 5.83. The van der Waals surface area contributed by atoms with E-state index in [0.717, 1.165) is 32.5 Å². The molecule has 0 radical (unpaired) electrons. The molecule has 0 aromatic heterocycles. The molecule has 2 rings (SSSR count). The van der Waals surface area contributed by atoms with E-state index in [2.05, 4.69) is 42.0 Å². The Balaban J connectivity index is 1.91. The largest absolute Gasteiger partial charge is 0.299 e. The summed E-state index contributed by atoms with van der Waals surface area (Å²) in [5.74, 6) is 3.60. The Morgan fingerprint density at radius 3 is 2.76 bits per heavy atom. The van der Waals surface area contributed by atoms with E-state index in [-0.39, 0.29) is 5.92 Å². The van der Waals surface area contributed by atoms with Gasteiger partial charge in [-0.15, -0.1) is 12.3 Å². The van der Waals surface area contributed by atoms with Crippen LogP contribution in [-0.2, 0) is 11.3 Å². The lowest BCUT2D eigenvalue weighted by atomic mass is 10.0. The SMILES string of the molecule is C#CC[C@H]1C[C@@H](CN(CCC)Cc2ccccc2)CC1=O. The molecule has 0 unspecified atom stereocenters. The second kappa shape index (κ2) is 8.00. The van der Waals surface area contributed by atoms with Crippen molar-refractivity contribution in [3.05, 3.63) is 35.9 Å². The van der Waals surface area contributed by atoms with Crippen molar-refractivity contribution in [2.24, 2.45) is 11.8 Å². The van der Waals surface area contributed by atoms with Crippen molar-refractivity contribution in [2.45, 2.75) is 39.2 Å². The van der Waals surface area contributed by atoms with Crippen LogP contribution in [0.1, 0.15) is 38.2 Å². The monoisotopic (exact) mass is 283 g/mol. The first-order valence-electron chi connectivity index (χ1n) is 7.95. The molecule has 2 nitrogen and oxygen atoms in total. The lowest BCUT2D eigenvalue weighted by Gasteiger charge is -2.25. The molecular weight excluding hydrogens is 258 g/mol. The number of carbonyl (C=O) groups is 1. The number of terminal acetylenes is 1. The molecule has 1 aromatic carbocycles. The van der Waals surface area contributed by atoms with Crippen molar-refractivity contribution in [3.8, 4) is 12.3 Å². The number of rotatable bonds is 7. The lowest BCUT2D eigenvalue weighted by Crippen LogP contribution is -2.29. The number of ketones is 1. The molecule has 0 amide bonds. The summed E-state index contributed by atoms with van der Waals surface area (Å²) >= 11 is 0.